The summed E-state index contributed by atoms with van der Waals surface area (Å²) in [6.45, 7) is 0.355. The second-order valence-corrected chi connectivity index (χ2v) is 7.91. The van der Waals surface area contributed by atoms with Gasteiger partial charge in [0.15, 0.2) is 0 Å². The van der Waals surface area contributed by atoms with Crippen LogP contribution in [0.3, 0.4) is 0 Å². The van der Waals surface area contributed by atoms with Crippen LogP contribution in [-0.2, 0) is 16.9 Å². The van der Waals surface area contributed by atoms with Crippen molar-refractivity contribution in [1.82, 2.24) is 15.3 Å². The number of nitrogens with one attached hydrogen (secondary N) is 3. The number of amides is 2. The van der Waals surface area contributed by atoms with E-state index in [1.54, 1.807) is 36.5 Å². The number of rotatable bonds is 5. The standard InChI is InChI=1S/C22H19N5O2.H2O4S/c23-17-13-24-10-9-19(17)27-21(28)15-7-5-14(6-8-15)12-25-22(29)20-11-16-3-1-2-4-18(16)26-20;1-5(2,3)4/h1-11,13,26H,12,23H2,(H,25,29)(H,24,27,28);(H2,1,2,3,4). The van der Waals surface area contributed by atoms with Crippen LogP contribution < -0.4 is 16.4 Å². The molecule has 0 saturated carbocycles. The predicted molar refractivity (Wildman–Crippen MR) is 127 cm³/mol. The van der Waals surface area contributed by atoms with Crippen LogP contribution in [0.2, 0.25) is 0 Å². The Bertz CT molecular complexity index is 1380. The molecule has 0 spiro atoms. The van der Waals surface area contributed by atoms with Crippen LogP contribution in [0.1, 0.15) is 26.4 Å². The lowest BCUT2D eigenvalue weighted by Crippen LogP contribution is -2.23. The van der Waals surface area contributed by atoms with E-state index in [2.05, 4.69) is 20.6 Å². The number of nitrogen functional groups attached to an aromatic ring is 1. The summed E-state index contributed by atoms with van der Waals surface area (Å²) in [4.78, 5) is 31.7. The molecular weight excluding hydrogens is 462 g/mol. The van der Waals surface area contributed by atoms with E-state index < -0.39 is 10.4 Å². The first-order valence-electron chi connectivity index (χ1n) is 9.76. The van der Waals surface area contributed by atoms with E-state index in [1.165, 1.54) is 6.20 Å². The van der Waals surface area contributed by atoms with E-state index in [-0.39, 0.29) is 11.8 Å². The fourth-order valence-electron chi connectivity index (χ4n) is 2.96. The molecule has 2 amide bonds. The van der Waals surface area contributed by atoms with Crippen molar-refractivity contribution >= 4 is 44.5 Å². The largest absolute Gasteiger partial charge is 0.396 e. The number of para-hydroxylation sites is 1. The maximum Gasteiger partial charge on any atom is 0.394 e. The van der Waals surface area contributed by atoms with E-state index in [4.69, 9.17) is 23.3 Å². The highest BCUT2D eigenvalue weighted by Gasteiger charge is 2.10. The van der Waals surface area contributed by atoms with Crippen molar-refractivity contribution in [3.05, 3.63) is 89.9 Å². The van der Waals surface area contributed by atoms with Gasteiger partial charge >= 0.3 is 10.4 Å². The van der Waals surface area contributed by atoms with Gasteiger partial charge in [-0.25, -0.2) is 0 Å². The molecule has 0 atom stereocenters. The molecule has 0 unspecified atom stereocenters. The smallest absolute Gasteiger partial charge is 0.394 e. The monoisotopic (exact) mass is 483 g/mol. The number of benzene rings is 2. The van der Waals surface area contributed by atoms with Gasteiger partial charge in [-0.1, -0.05) is 30.3 Å². The number of carbonyl (C=O) groups excluding carboxylic acids is 2. The third-order valence-corrected chi connectivity index (χ3v) is 4.54. The Morgan fingerprint density at radius 3 is 2.32 bits per heavy atom. The minimum absolute atomic E-state index is 0.184. The zero-order chi connectivity index (χ0) is 24.7. The molecule has 34 heavy (non-hydrogen) atoms. The molecule has 0 aliphatic heterocycles. The molecular formula is C22H21N5O6S. The van der Waals surface area contributed by atoms with Crippen molar-refractivity contribution in [3.63, 3.8) is 0 Å². The third-order valence-electron chi connectivity index (χ3n) is 4.54. The Morgan fingerprint density at radius 2 is 1.68 bits per heavy atom. The molecule has 0 saturated heterocycles. The first-order chi connectivity index (χ1) is 16.1. The lowest BCUT2D eigenvalue weighted by molar-refractivity contribution is 0.0945. The van der Waals surface area contributed by atoms with Gasteiger partial charge in [0.05, 0.1) is 17.6 Å². The Morgan fingerprint density at radius 1 is 1.00 bits per heavy atom. The van der Waals surface area contributed by atoms with Crippen molar-refractivity contribution in [2.45, 2.75) is 6.54 Å². The van der Waals surface area contributed by atoms with Crippen LogP contribution in [0.4, 0.5) is 11.4 Å². The van der Waals surface area contributed by atoms with Gasteiger partial charge in [0.25, 0.3) is 11.8 Å². The Balaban J connectivity index is 0.000000588. The highest BCUT2D eigenvalue weighted by Crippen LogP contribution is 2.17. The average molecular weight is 484 g/mol. The van der Waals surface area contributed by atoms with Gasteiger partial charge in [0.2, 0.25) is 0 Å². The number of nitrogens with zero attached hydrogens (tertiary/aromatic N) is 1. The maximum atomic E-state index is 12.4. The number of fused-ring (bicyclic) bond motifs is 1. The molecule has 2 heterocycles. The molecule has 4 rings (SSSR count). The van der Waals surface area contributed by atoms with Crippen LogP contribution in [0.25, 0.3) is 10.9 Å². The Labute approximate surface area is 194 Å². The van der Waals surface area contributed by atoms with Gasteiger partial charge in [-0.15, -0.1) is 0 Å². The van der Waals surface area contributed by atoms with Gasteiger partial charge in [0, 0.05) is 29.2 Å². The van der Waals surface area contributed by atoms with Crippen molar-refractivity contribution in [2.24, 2.45) is 0 Å². The summed E-state index contributed by atoms with van der Waals surface area (Å²) < 4.78 is 31.6. The maximum absolute atomic E-state index is 12.4. The number of hydrogen-bond acceptors (Lipinski definition) is 6. The molecule has 4 aromatic rings. The summed E-state index contributed by atoms with van der Waals surface area (Å²) in [7, 11) is -4.67. The van der Waals surface area contributed by atoms with E-state index >= 15 is 0 Å². The number of nitrogens with two attached hydrogens (primary N) is 1. The minimum Gasteiger partial charge on any atom is -0.396 e. The number of hydrogen-bond donors (Lipinski definition) is 6. The minimum atomic E-state index is -4.67. The fraction of sp³-hybridized carbons (Fsp3) is 0.0455. The quantitative estimate of drug-likeness (QED) is 0.234. The van der Waals surface area contributed by atoms with Crippen LogP contribution in [0.5, 0.6) is 0 Å². The fourth-order valence-corrected chi connectivity index (χ4v) is 2.96. The van der Waals surface area contributed by atoms with E-state index in [0.717, 1.165) is 16.5 Å². The van der Waals surface area contributed by atoms with Gasteiger partial charge in [0.1, 0.15) is 5.69 Å². The number of pyridine rings is 1. The topological polar surface area (TPSA) is 187 Å². The van der Waals surface area contributed by atoms with Crippen LogP contribution in [0, 0.1) is 0 Å². The lowest BCUT2D eigenvalue weighted by Gasteiger charge is -2.08. The molecule has 12 heteroatoms. The molecule has 0 aliphatic carbocycles. The molecule has 176 valence electrons. The van der Waals surface area contributed by atoms with Crippen molar-refractivity contribution < 1.29 is 27.1 Å². The first kappa shape index (κ1) is 24.4. The molecule has 0 radical (unpaired) electrons. The number of aromatic nitrogens is 2. The van der Waals surface area contributed by atoms with Gasteiger partial charge in [-0.05, 0) is 35.9 Å². The predicted octanol–water partition coefficient (Wildman–Crippen LogP) is 2.67. The van der Waals surface area contributed by atoms with Crippen LogP contribution >= 0.6 is 0 Å². The SMILES string of the molecule is Nc1cnccc1NC(=O)c1ccc(CNC(=O)c2cc3ccccc3[nH]2)cc1.O=S(=O)(O)O. The average Bonchev–Trinajstić information content (AvgIpc) is 3.23. The molecule has 7 N–H and O–H groups in total. The first-order valence-corrected chi connectivity index (χ1v) is 11.2. The van der Waals surface area contributed by atoms with Gasteiger partial charge in [-0.3, -0.25) is 23.7 Å². The molecule has 0 fully saturated rings. The summed E-state index contributed by atoms with van der Waals surface area (Å²) in [5.74, 6) is -0.451. The summed E-state index contributed by atoms with van der Waals surface area (Å²) in [5, 5.41) is 6.62. The lowest BCUT2D eigenvalue weighted by atomic mass is 10.1. The normalized spacial score (nSPS) is 10.8. The van der Waals surface area contributed by atoms with E-state index in [9.17, 15) is 9.59 Å². The molecule has 2 aromatic heterocycles. The summed E-state index contributed by atoms with van der Waals surface area (Å²) >= 11 is 0. The summed E-state index contributed by atoms with van der Waals surface area (Å²) in [6.07, 6.45) is 3.04. The van der Waals surface area contributed by atoms with Crippen molar-refractivity contribution in [1.29, 1.82) is 0 Å². The zero-order valence-electron chi connectivity index (χ0n) is 17.6. The number of carbonyl (C=O) groups is 2. The third kappa shape index (κ3) is 7.13. The Hall–Kier alpha value is -4.26. The molecule has 0 bridgehead atoms. The van der Waals surface area contributed by atoms with Crippen LogP contribution in [0.15, 0.2) is 73.1 Å². The second kappa shape index (κ2) is 10.6. The van der Waals surface area contributed by atoms with Gasteiger partial charge in [-0.2, -0.15) is 8.42 Å². The van der Waals surface area contributed by atoms with E-state index in [0.29, 0.717) is 29.2 Å². The highest BCUT2D eigenvalue weighted by molar-refractivity contribution is 7.79. The Kier molecular flexibility index (Phi) is 7.58. The second-order valence-electron chi connectivity index (χ2n) is 7.01. The summed E-state index contributed by atoms with van der Waals surface area (Å²) in [6, 6.07) is 18.2. The van der Waals surface area contributed by atoms with Crippen molar-refractivity contribution in [3.8, 4) is 0 Å². The zero-order valence-corrected chi connectivity index (χ0v) is 18.4. The summed E-state index contributed by atoms with van der Waals surface area (Å²) in [5.41, 5.74) is 9.51. The van der Waals surface area contributed by atoms with E-state index in [1.807, 2.05) is 30.3 Å². The number of H-pyrrole nitrogens is 1. The molecule has 11 nitrogen and oxygen atoms in total. The number of anilines is 2. The van der Waals surface area contributed by atoms with Crippen molar-refractivity contribution in [2.75, 3.05) is 11.1 Å². The number of aromatic amines is 1. The molecule has 2 aromatic carbocycles. The van der Waals surface area contributed by atoms with Crippen LogP contribution in [-0.4, -0.2) is 39.3 Å². The highest BCUT2D eigenvalue weighted by atomic mass is 32.3. The molecule has 0 aliphatic rings. The van der Waals surface area contributed by atoms with Gasteiger partial charge < -0.3 is 21.4 Å².